The maximum Gasteiger partial charge on any atom is 0.272 e. The van der Waals surface area contributed by atoms with E-state index in [4.69, 9.17) is 9.47 Å². The molecule has 2 N–H and O–H groups in total. The van der Waals surface area contributed by atoms with Gasteiger partial charge in [0.15, 0.2) is 5.69 Å². The van der Waals surface area contributed by atoms with Crippen molar-refractivity contribution in [1.82, 2.24) is 30.0 Å². The van der Waals surface area contributed by atoms with E-state index in [-0.39, 0.29) is 24.0 Å². The summed E-state index contributed by atoms with van der Waals surface area (Å²) in [6.45, 7) is 1.78. The molecule has 10 heteroatoms. The molecular weight excluding hydrogens is 352 g/mol. The number of aryl methyl sites for hydroxylation is 1. The zero-order valence-corrected chi connectivity index (χ0v) is 15.3. The van der Waals surface area contributed by atoms with Crippen LogP contribution in [0.15, 0.2) is 12.5 Å². The van der Waals surface area contributed by atoms with Crippen molar-refractivity contribution in [1.29, 1.82) is 0 Å². The number of carbonyl (C=O) groups is 2. The van der Waals surface area contributed by atoms with Crippen molar-refractivity contribution in [3.8, 4) is 0 Å². The van der Waals surface area contributed by atoms with Gasteiger partial charge >= 0.3 is 0 Å². The molecule has 0 spiro atoms. The lowest BCUT2D eigenvalue weighted by atomic mass is 10.0. The Morgan fingerprint density at radius 1 is 1.41 bits per heavy atom. The van der Waals surface area contributed by atoms with Crippen molar-refractivity contribution in [2.45, 2.75) is 25.1 Å². The van der Waals surface area contributed by atoms with Gasteiger partial charge in [0.25, 0.3) is 11.8 Å². The predicted molar refractivity (Wildman–Crippen MR) is 93.1 cm³/mol. The van der Waals surface area contributed by atoms with E-state index in [1.165, 1.54) is 0 Å². The van der Waals surface area contributed by atoms with Gasteiger partial charge in [-0.3, -0.25) is 14.7 Å². The molecule has 1 saturated heterocycles. The second kappa shape index (κ2) is 7.12. The topological polar surface area (TPSA) is 114 Å². The quantitative estimate of drug-likeness (QED) is 0.745. The van der Waals surface area contributed by atoms with E-state index in [1.807, 2.05) is 0 Å². The van der Waals surface area contributed by atoms with Gasteiger partial charge < -0.3 is 24.3 Å². The molecule has 2 aromatic heterocycles. The second-order valence-corrected chi connectivity index (χ2v) is 6.79. The van der Waals surface area contributed by atoms with Crippen LogP contribution in [0.3, 0.4) is 0 Å². The number of carbonyl (C=O) groups excluding carboxylic acids is 2. The van der Waals surface area contributed by atoms with Crippen molar-refractivity contribution in [2.75, 3.05) is 26.9 Å². The average Bonchev–Trinajstić information content (AvgIpc) is 3.39. The van der Waals surface area contributed by atoms with Crippen LogP contribution in [0, 0.1) is 0 Å². The highest BCUT2D eigenvalue weighted by Gasteiger charge is 2.33. The van der Waals surface area contributed by atoms with Gasteiger partial charge in [-0.05, 0) is 6.42 Å². The first kappa shape index (κ1) is 17.7. The van der Waals surface area contributed by atoms with Crippen molar-refractivity contribution >= 4 is 11.8 Å². The van der Waals surface area contributed by atoms with Crippen LogP contribution in [0.2, 0.25) is 0 Å². The van der Waals surface area contributed by atoms with Crippen molar-refractivity contribution in [2.24, 2.45) is 7.05 Å². The van der Waals surface area contributed by atoms with Crippen molar-refractivity contribution < 1.29 is 19.1 Å². The molecule has 4 rings (SSSR count). The van der Waals surface area contributed by atoms with E-state index in [9.17, 15) is 9.59 Å². The fourth-order valence-corrected chi connectivity index (χ4v) is 3.54. The van der Waals surface area contributed by atoms with E-state index in [1.54, 1.807) is 36.1 Å². The Kier molecular flexibility index (Phi) is 4.66. The van der Waals surface area contributed by atoms with Gasteiger partial charge in [-0.15, -0.1) is 0 Å². The van der Waals surface area contributed by atoms with Crippen molar-refractivity contribution in [3.63, 3.8) is 0 Å². The van der Waals surface area contributed by atoms with Crippen LogP contribution in [-0.2, 0) is 29.5 Å². The summed E-state index contributed by atoms with van der Waals surface area (Å²) in [5.74, 6) is -0.344. The van der Waals surface area contributed by atoms with Crippen LogP contribution in [0.4, 0.5) is 0 Å². The zero-order chi connectivity index (χ0) is 19.0. The number of ether oxygens (including phenoxy) is 2. The Hall–Kier alpha value is -2.72. The summed E-state index contributed by atoms with van der Waals surface area (Å²) in [5.41, 5.74) is 2.55. The molecule has 2 aliphatic rings. The van der Waals surface area contributed by atoms with Crippen LogP contribution in [0.1, 0.15) is 32.2 Å². The molecule has 2 amide bonds. The van der Waals surface area contributed by atoms with E-state index in [2.05, 4.69) is 20.5 Å². The van der Waals surface area contributed by atoms with Gasteiger partial charge in [-0.25, -0.2) is 4.98 Å². The summed E-state index contributed by atoms with van der Waals surface area (Å²) in [6, 6.07) is -0.193. The SMILES string of the molecule is CO[C@H]1COC[C@@H]1NC(=O)c1n[nH]c2c1CCN(C(=O)c1cncn1C)C2. The number of hydrogen-bond donors (Lipinski definition) is 2. The van der Waals surface area contributed by atoms with Crippen LogP contribution in [0.5, 0.6) is 0 Å². The number of rotatable bonds is 4. The van der Waals surface area contributed by atoms with Crippen LogP contribution in [-0.4, -0.2) is 75.5 Å². The third kappa shape index (κ3) is 3.21. The molecule has 4 heterocycles. The number of nitrogens with zero attached hydrogens (tertiary/aromatic N) is 4. The highest BCUT2D eigenvalue weighted by molar-refractivity contribution is 5.95. The standard InChI is InChI=1S/C17H22N6O4/c1-22-9-18-5-13(22)17(25)23-4-3-10-11(6-23)20-21-15(10)16(24)19-12-7-27-8-14(12)26-2/h5,9,12,14H,3-4,6-8H2,1-2H3,(H,19,24)(H,20,21)/t12-,14-/m0/s1. The molecule has 144 valence electrons. The molecule has 2 atom stereocenters. The molecule has 0 radical (unpaired) electrons. The Balaban J connectivity index is 1.46. The van der Waals surface area contributed by atoms with Gasteiger partial charge in [-0.1, -0.05) is 0 Å². The Labute approximate surface area is 155 Å². The van der Waals surface area contributed by atoms with E-state index >= 15 is 0 Å². The Morgan fingerprint density at radius 2 is 2.26 bits per heavy atom. The lowest BCUT2D eigenvalue weighted by Crippen LogP contribution is -2.44. The zero-order valence-electron chi connectivity index (χ0n) is 15.3. The molecule has 0 bridgehead atoms. The first-order valence-electron chi connectivity index (χ1n) is 8.81. The minimum Gasteiger partial charge on any atom is -0.377 e. The Morgan fingerprint density at radius 3 is 3.00 bits per heavy atom. The number of aromatic nitrogens is 4. The summed E-state index contributed by atoms with van der Waals surface area (Å²) in [4.78, 5) is 31.0. The summed E-state index contributed by atoms with van der Waals surface area (Å²) >= 11 is 0. The van der Waals surface area contributed by atoms with E-state index in [0.717, 1.165) is 11.3 Å². The monoisotopic (exact) mass is 374 g/mol. The molecule has 1 fully saturated rings. The number of aromatic amines is 1. The largest absolute Gasteiger partial charge is 0.377 e. The lowest BCUT2D eigenvalue weighted by molar-refractivity contribution is 0.0683. The molecule has 27 heavy (non-hydrogen) atoms. The van der Waals surface area contributed by atoms with Gasteiger partial charge in [0.05, 0.1) is 44.0 Å². The molecule has 10 nitrogen and oxygen atoms in total. The first-order chi connectivity index (χ1) is 13.1. The predicted octanol–water partition coefficient (Wildman–Crippen LogP) is -0.515. The fraction of sp³-hybridized carbons (Fsp3) is 0.529. The summed E-state index contributed by atoms with van der Waals surface area (Å²) in [6.07, 6.45) is 3.56. The average molecular weight is 374 g/mol. The minimum atomic E-state index is -0.253. The van der Waals surface area contributed by atoms with E-state index in [0.29, 0.717) is 44.1 Å². The molecule has 0 aliphatic carbocycles. The van der Waals surface area contributed by atoms with Crippen LogP contribution >= 0.6 is 0 Å². The molecule has 0 unspecified atom stereocenters. The second-order valence-electron chi connectivity index (χ2n) is 6.79. The summed E-state index contributed by atoms with van der Waals surface area (Å²) in [7, 11) is 3.39. The number of fused-ring (bicyclic) bond motifs is 1. The third-order valence-electron chi connectivity index (χ3n) is 5.12. The maximum atomic E-state index is 12.7. The third-order valence-corrected chi connectivity index (χ3v) is 5.12. The normalized spacial score (nSPS) is 21.9. The molecular formula is C17H22N6O4. The molecule has 2 aromatic rings. The van der Waals surface area contributed by atoms with Crippen LogP contribution < -0.4 is 5.32 Å². The number of amides is 2. The lowest BCUT2D eigenvalue weighted by Gasteiger charge is -2.27. The highest BCUT2D eigenvalue weighted by Crippen LogP contribution is 2.22. The van der Waals surface area contributed by atoms with Gasteiger partial charge in [0.1, 0.15) is 11.8 Å². The smallest absolute Gasteiger partial charge is 0.272 e. The minimum absolute atomic E-state index is 0.0905. The van der Waals surface area contributed by atoms with Crippen molar-refractivity contribution in [3.05, 3.63) is 35.2 Å². The van der Waals surface area contributed by atoms with Gasteiger partial charge in [-0.2, -0.15) is 5.10 Å². The molecule has 2 aliphatic heterocycles. The van der Waals surface area contributed by atoms with E-state index < -0.39 is 0 Å². The van der Waals surface area contributed by atoms with Gasteiger partial charge in [0.2, 0.25) is 0 Å². The highest BCUT2D eigenvalue weighted by atomic mass is 16.5. The number of H-pyrrole nitrogens is 1. The number of nitrogens with one attached hydrogen (secondary N) is 2. The Bertz CT molecular complexity index is 859. The fourth-order valence-electron chi connectivity index (χ4n) is 3.54. The molecule has 0 aromatic carbocycles. The van der Waals surface area contributed by atoms with Crippen LogP contribution in [0.25, 0.3) is 0 Å². The summed E-state index contributed by atoms with van der Waals surface area (Å²) < 4.78 is 12.4. The molecule has 0 saturated carbocycles. The summed E-state index contributed by atoms with van der Waals surface area (Å²) in [5, 5.41) is 10.0. The first-order valence-corrected chi connectivity index (χ1v) is 8.81. The number of methoxy groups -OCH3 is 1. The maximum absolute atomic E-state index is 12.7. The number of imidazole rings is 1. The van der Waals surface area contributed by atoms with Gasteiger partial charge in [0, 0.05) is 26.3 Å². The number of hydrogen-bond acceptors (Lipinski definition) is 6.